The fourth-order valence-electron chi connectivity index (χ4n) is 4.77. The van der Waals surface area contributed by atoms with Crippen molar-refractivity contribution in [3.8, 4) is 0 Å². The van der Waals surface area contributed by atoms with E-state index >= 15 is 0 Å². The molecule has 1 saturated heterocycles. The molecular weight excluding hydrogens is 402 g/mol. The molecule has 32 heavy (non-hydrogen) atoms. The summed E-state index contributed by atoms with van der Waals surface area (Å²) in [6.07, 6.45) is 5.85. The normalized spacial score (nSPS) is 18.9. The van der Waals surface area contributed by atoms with Crippen molar-refractivity contribution in [2.75, 3.05) is 26.0 Å². The lowest BCUT2D eigenvalue weighted by Gasteiger charge is -2.20. The van der Waals surface area contributed by atoms with Crippen LogP contribution in [0.1, 0.15) is 61.5 Å². The van der Waals surface area contributed by atoms with Crippen LogP contribution in [0.2, 0.25) is 0 Å². The molecule has 2 fully saturated rings. The topological polar surface area (TPSA) is 78.4 Å². The number of anilines is 1. The van der Waals surface area contributed by atoms with Gasteiger partial charge in [-0.05, 0) is 24.3 Å². The maximum atomic E-state index is 12.7. The van der Waals surface area contributed by atoms with E-state index in [1.54, 1.807) is 4.90 Å². The molecule has 0 bridgehead atoms. The molecular formula is C25H33N5O2. The number of rotatable bonds is 8. The van der Waals surface area contributed by atoms with E-state index in [0.717, 1.165) is 29.9 Å². The molecule has 1 aliphatic carbocycles. The van der Waals surface area contributed by atoms with Gasteiger partial charge in [-0.25, -0.2) is 9.97 Å². The number of amides is 2. The van der Waals surface area contributed by atoms with Crippen molar-refractivity contribution in [1.82, 2.24) is 19.8 Å². The zero-order valence-corrected chi connectivity index (χ0v) is 19.1. The number of nitrogens with zero attached hydrogens (tertiary/aromatic N) is 4. The van der Waals surface area contributed by atoms with Gasteiger partial charge >= 0.3 is 0 Å². The molecule has 1 saturated carbocycles. The summed E-state index contributed by atoms with van der Waals surface area (Å²) in [6, 6.07) is 12.0. The summed E-state index contributed by atoms with van der Waals surface area (Å²) in [5, 5.41) is 3.10. The predicted octanol–water partition coefficient (Wildman–Crippen LogP) is 3.57. The number of carbonyl (C=O) groups excluding carboxylic acids is 2. The minimum absolute atomic E-state index is 0.0274. The van der Waals surface area contributed by atoms with Crippen LogP contribution in [0.4, 0.5) is 5.82 Å². The Morgan fingerprint density at radius 1 is 1.19 bits per heavy atom. The van der Waals surface area contributed by atoms with Crippen molar-refractivity contribution in [1.29, 1.82) is 0 Å². The number of nitrogens with one attached hydrogen (secondary N) is 1. The largest absolute Gasteiger partial charge is 0.373 e. The van der Waals surface area contributed by atoms with Gasteiger partial charge in [-0.2, -0.15) is 0 Å². The third-order valence-electron chi connectivity index (χ3n) is 6.64. The van der Waals surface area contributed by atoms with Crippen LogP contribution in [0.3, 0.4) is 0 Å². The zero-order valence-electron chi connectivity index (χ0n) is 19.1. The highest BCUT2D eigenvalue weighted by atomic mass is 16.2. The SMILES string of the molecule is CNc1cc([C@@H]2CC(=O)N(Cc3ccccc3)C2)nc(CN(C)C(=O)CC2CCCC2)n1. The fraction of sp³-hybridized carbons (Fsp3) is 0.520. The fourth-order valence-corrected chi connectivity index (χ4v) is 4.77. The summed E-state index contributed by atoms with van der Waals surface area (Å²) in [4.78, 5) is 38.3. The highest BCUT2D eigenvalue weighted by Crippen LogP contribution is 2.30. The van der Waals surface area contributed by atoms with Crippen molar-refractivity contribution in [2.24, 2.45) is 5.92 Å². The Morgan fingerprint density at radius 3 is 2.66 bits per heavy atom. The Kier molecular flexibility index (Phi) is 7.02. The summed E-state index contributed by atoms with van der Waals surface area (Å²) < 4.78 is 0. The number of hydrogen-bond acceptors (Lipinski definition) is 5. The maximum absolute atomic E-state index is 12.7. The Morgan fingerprint density at radius 2 is 1.94 bits per heavy atom. The second-order valence-electron chi connectivity index (χ2n) is 9.11. The molecule has 0 unspecified atom stereocenters. The summed E-state index contributed by atoms with van der Waals surface area (Å²) in [5.74, 6) is 2.18. The van der Waals surface area contributed by atoms with Crippen molar-refractivity contribution in [3.63, 3.8) is 0 Å². The van der Waals surface area contributed by atoms with Crippen LogP contribution in [-0.4, -0.2) is 52.2 Å². The van der Waals surface area contributed by atoms with Crippen LogP contribution < -0.4 is 5.32 Å². The first kappa shape index (κ1) is 22.2. The molecule has 2 amide bonds. The number of carbonyl (C=O) groups is 2. The first-order valence-electron chi connectivity index (χ1n) is 11.6. The molecule has 0 spiro atoms. The van der Waals surface area contributed by atoms with Crippen LogP contribution in [0.5, 0.6) is 0 Å². The van der Waals surface area contributed by atoms with E-state index in [9.17, 15) is 9.59 Å². The molecule has 1 aromatic carbocycles. The van der Waals surface area contributed by atoms with E-state index in [0.29, 0.717) is 44.2 Å². The molecule has 2 heterocycles. The number of benzene rings is 1. The van der Waals surface area contributed by atoms with Crippen LogP contribution in [0, 0.1) is 5.92 Å². The molecule has 7 heteroatoms. The molecule has 1 atom stereocenters. The van der Waals surface area contributed by atoms with Crippen LogP contribution in [0.25, 0.3) is 0 Å². The first-order chi connectivity index (χ1) is 15.5. The van der Waals surface area contributed by atoms with Crippen molar-refractivity contribution < 1.29 is 9.59 Å². The highest BCUT2D eigenvalue weighted by molar-refractivity contribution is 5.79. The Labute approximate surface area is 190 Å². The van der Waals surface area contributed by atoms with Crippen LogP contribution >= 0.6 is 0 Å². The molecule has 2 aliphatic rings. The Bertz CT molecular complexity index is 943. The lowest BCUT2D eigenvalue weighted by atomic mass is 10.0. The Balaban J connectivity index is 1.43. The smallest absolute Gasteiger partial charge is 0.223 e. The summed E-state index contributed by atoms with van der Waals surface area (Å²) in [6.45, 7) is 1.64. The van der Waals surface area contributed by atoms with Gasteiger partial charge < -0.3 is 15.1 Å². The van der Waals surface area contributed by atoms with E-state index in [1.165, 1.54) is 12.8 Å². The van der Waals surface area contributed by atoms with Gasteiger partial charge in [-0.1, -0.05) is 43.2 Å². The number of aromatic nitrogens is 2. The first-order valence-corrected chi connectivity index (χ1v) is 11.6. The molecule has 0 radical (unpaired) electrons. The number of likely N-dealkylation sites (tertiary alicyclic amines) is 1. The number of hydrogen-bond donors (Lipinski definition) is 1. The minimum Gasteiger partial charge on any atom is -0.373 e. The predicted molar refractivity (Wildman–Crippen MR) is 124 cm³/mol. The van der Waals surface area contributed by atoms with E-state index in [1.807, 2.05) is 55.4 Å². The van der Waals surface area contributed by atoms with Crippen molar-refractivity contribution in [3.05, 3.63) is 53.5 Å². The highest BCUT2D eigenvalue weighted by Gasteiger charge is 2.32. The molecule has 4 rings (SSSR count). The molecule has 7 nitrogen and oxygen atoms in total. The molecule has 1 N–H and O–H groups in total. The van der Waals surface area contributed by atoms with Gasteiger partial charge in [0.15, 0.2) is 0 Å². The quantitative estimate of drug-likeness (QED) is 0.686. The van der Waals surface area contributed by atoms with E-state index in [-0.39, 0.29) is 17.7 Å². The van der Waals surface area contributed by atoms with Gasteiger partial charge in [0.1, 0.15) is 11.6 Å². The van der Waals surface area contributed by atoms with Gasteiger partial charge in [0.25, 0.3) is 0 Å². The zero-order chi connectivity index (χ0) is 22.5. The van der Waals surface area contributed by atoms with Crippen LogP contribution in [-0.2, 0) is 22.7 Å². The molecule has 170 valence electrons. The third-order valence-corrected chi connectivity index (χ3v) is 6.64. The van der Waals surface area contributed by atoms with Gasteiger partial charge in [0.2, 0.25) is 11.8 Å². The van der Waals surface area contributed by atoms with Crippen LogP contribution in [0.15, 0.2) is 36.4 Å². The van der Waals surface area contributed by atoms with Crippen molar-refractivity contribution >= 4 is 17.6 Å². The average molecular weight is 436 g/mol. The van der Waals surface area contributed by atoms with Gasteiger partial charge in [0, 0.05) is 52.0 Å². The van der Waals surface area contributed by atoms with E-state index in [2.05, 4.69) is 10.3 Å². The molecule has 1 aliphatic heterocycles. The monoisotopic (exact) mass is 435 g/mol. The maximum Gasteiger partial charge on any atom is 0.223 e. The van der Waals surface area contributed by atoms with Gasteiger partial charge in [-0.3, -0.25) is 9.59 Å². The second kappa shape index (κ2) is 10.1. The van der Waals surface area contributed by atoms with E-state index in [4.69, 9.17) is 4.98 Å². The molecule has 2 aromatic rings. The van der Waals surface area contributed by atoms with Crippen molar-refractivity contribution in [2.45, 2.75) is 57.5 Å². The summed E-state index contributed by atoms with van der Waals surface area (Å²) in [7, 11) is 3.65. The third kappa shape index (κ3) is 5.44. The Hall–Kier alpha value is -2.96. The summed E-state index contributed by atoms with van der Waals surface area (Å²) in [5.41, 5.74) is 1.99. The molecule has 1 aromatic heterocycles. The van der Waals surface area contributed by atoms with Gasteiger partial charge in [-0.15, -0.1) is 0 Å². The van der Waals surface area contributed by atoms with E-state index < -0.39 is 0 Å². The second-order valence-corrected chi connectivity index (χ2v) is 9.11. The minimum atomic E-state index is 0.0274. The standard InChI is InChI=1S/C25H33N5O2/c1-26-22-14-21(20-13-25(32)30(16-20)15-19-10-4-3-5-11-19)27-23(28-22)17-29(2)24(31)12-18-8-6-7-9-18/h3-5,10-11,14,18,20H,6-9,12-13,15-17H2,1-2H3,(H,26,27,28)/t20-/m1/s1. The lowest BCUT2D eigenvalue weighted by molar-refractivity contribution is -0.131. The lowest BCUT2D eigenvalue weighted by Crippen LogP contribution is -2.29. The summed E-state index contributed by atoms with van der Waals surface area (Å²) >= 11 is 0. The average Bonchev–Trinajstić information content (AvgIpc) is 3.44. The van der Waals surface area contributed by atoms with Gasteiger partial charge in [0.05, 0.1) is 12.2 Å².